The van der Waals surface area contributed by atoms with Gasteiger partial charge in [0.05, 0.1) is 11.3 Å². The third-order valence-electron chi connectivity index (χ3n) is 4.85. The van der Waals surface area contributed by atoms with Crippen LogP contribution in [0, 0.1) is 0 Å². The van der Waals surface area contributed by atoms with Crippen LogP contribution in [0.4, 0.5) is 24.5 Å². The average Bonchev–Trinajstić information content (AvgIpc) is 2.75. The van der Waals surface area contributed by atoms with Gasteiger partial charge in [0.15, 0.2) is 0 Å². The molecular weight excluding hydrogens is 441 g/mol. The normalized spacial score (nSPS) is 11.3. The Morgan fingerprint density at radius 2 is 1.75 bits per heavy atom. The molecule has 8 heteroatoms. The number of hydrogen-bond donors (Lipinski definition) is 3. The van der Waals surface area contributed by atoms with E-state index in [0.29, 0.717) is 34.6 Å². The Balaban J connectivity index is 1.73. The maximum atomic E-state index is 12.8. The van der Waals surface area contributed by atoms with Crippen LogP contribution in [0.5, 0.6) is 5.75 Å². The molecular formula is C24H22ClF3N2O2. The smallest absolute Gasteiger partial charge is 0.416 e. The van der Waals surface area contributed by atoms with E-state index in [2.05, 4.69) is 17.6 Å². The molecule has 1 amide bonds. The maximum Gasteiger partial charge on any atom is 0.416 e. The van der Waals surface area contributed by atoms with Gasteiger partial charge in [-0.3, -0.25) is 4.79 Å². The second-order valence-corrected chi connectivity index (χ2v) is 7.64. The number of aromatic hydroxyl groups is 1. The highest BCUT2D eigenvalue weighted by Gasteiger charge is 2.30. The second-order valence-electron chi connectivity index (χ2n) is 7.24. The molecule has 0 bridgehead atoms. The van der Waals surface area contributed by atoms with E-state index in [1.54, 1.807) is 36.4 Å². The molecule has 168 valence electrons. The third kappa shape index (κ3) is 5.73. The number of rotatable bonds is 7. The van der Waals surface area contributed by atoms with Crippen LogP contribution >= 0.6 is 11.6 Å². The van der Waals surface area contributed by atoms with Crippen molar-refractivity contribution in [2.45, 2.75) is 25.9 Å². The summed E-state index contributed by atoms with van der Waals surface area (Å²) in [7, 11) is 0. The van der Waals surface area contributed by atoms with E-state index in [9.17, 15) is 23.1 Å². The molecule has 0 aliphatic heterocycles. The Kier molecular flexibility index (Phi) is 7.30. The lowest BCUT2D eigenvalue weighted by Crippen LogP contribution is -2.12. The minimum atomic E-state index is -4.47. The van der Waals surface area contributed by atoms with E-state index >= 15 is 0 Å². The SMILES string of the molecule is CCCCNc1cc(NC(=O)c2ccc(-c3ccc(C(F)(F)F)cc3Cl)cc2)ccc1O. The first-order valence-electron chi connectivity index (χ1n) is 10.0. The standard InChI is InChI=1S/C24H22ClF3N2O2/c1-2-3-12-29-21-14-18(9-11-22(21)31)30-23(32)16-6-4-15(5-7-16)19-10-8-17(13-20(19)25)24(26,27)28/h4-11,13-14,29,31H,2-3,12H2,1H3,(H,30,32). The minimum absolute atomic E-state index is 0.0239. The molecule has 0 aliphatic rings. The fraction of sp³-hybridized carbons (Fsp3) is 0.208. The zero-order valence-electron chi connectivity index (χ0n) is 17.3. The predicted octanol–water partition coefficient (Wildman–Crippen LogP) is 7.20. The summed E-state index contributed by atoms with van der Waals surface area (Å²) in [6.07, 6.45) is -2.51. The van der Waals surface area contributed by atoms with Crippen LogP contribution in [0.3, 0.4) is 0 Å². The van der Waals surface area contributed by atoms with Crippen LogP contribution in [-0.2, 0) is 6.18 Å². The lowest BCUT2D eigenvalue weighted by atomic mass is 10.0. The lowest BCUT2D eigenvalue weighted by Gasteiger charge is -2.12. The van der Waals surface area contributed by atoms with Gasteiger partial charge in [0, 0.05) is 28.4 Å². The quantitative estimate of drug-likeness (QED) is 0.198. The molecule has 4 nitrogen and oxygen atoms in total. The molecule has 0 aliphatic carbocycles. The molecule has 3 aromatic rings. The number of hydrogen-bond acceptors (Lipinski definition) is 3. The van der Waals surface area contributed by atoms with Gasteiger partial charge in [-0.2, -0.15) is 13.2 Å². The van der Waals surface area contributed by atoms with Gasteiger partial charge in [0.2, 0.25) is 0 Å². The van der Waals surface area contributed by atoms with Crippen molar-refractivity contribution in [3.05, 3.63) is 76.8 Å². The lowest BCUT2D eigenvalue weighted by molar-refractivity contribution is -0.137. The summed E-state index contributed by atoms with van der Waals surface area (Å²) >= 11 is 6.05. The fourth-order valence-electron chi connectivity index (χ4n) is 3.09. The van der Waals surface area contributed by atoms with Crippen molar-refractivity contribution in [3.8, 4) is 16.9 Å². The molecule has 32 heavy (non-hydrogen) atoms. The summed E-state index contributed by atoms with van der Waals surface area (Å²) in [5, 5.41) is 15.8. The van der Waals surface area contributed by atoms with Crippen LogP contribution in [-0.4, -0.2) is 17.6 Å². The molecule has 0 saturated carbocycles. The summed E-state index contributed by atoms with van der Waals surface area (Å²) in [6.45, 7) is 2.77. The molecule has 3 rings (SSSR count). The van der Waals surface area contributed by atoms with Crippen molar-refractivity contribution in [2.24, 2.45) is 0 Å². The Bertz CT molecular complexity index is 1100. The largest absolute Gasteiger partial charge is 0.506 e. The molecule has 0 atom stereocenters. The van der Waals surface area contributed by atoms with Crippen molar-refractivity contribution in [1.29, 1.82) is 0 Å². The molecule has 0 saturated heterocycles. The molecule has 0 fully saturated rings. The van der Waals surface area contributed by atoms with E-state index in [0.717, 1.165) is 25.0 Å². The predicted molar refractivity (Wildman–Crippen MR) is 121 cm³/mol. The van der Waals surface area contributed by atoms with Crippen molar-refractivity contribution >= 4 is 28.9 Å². The number of carbonyl (C=O) groups excluding carboxylic acids is 1. The van der Waals surface area contributed by atoms with Crippen molar-refractivity contribution in [3.63, 3.8) is 0 Å². The zero-order valence-corrected chi connectivity index (χ0v) is 18.0. The summed E-state index contributed by atoms with van der Waals surface area (Å²) in [5.74, 6) is -0.267. The first-order valence-corrected chi connectivity index (χ1v) is 10.4. The first-order chi connectivity index (χ1) is 15.2. The van der Waals surface area contributed by atoms with Gasteiger partial charge in [0.1, 0.15) is 5.75 Å². The number of benzene rings is 3. The number of phenolic OH excluding ortho intramolecular Hbond substituents is 1. The Morgan fingerprint density at radius 3 is 2.38 bits per heavy atom. The van der Waals surface area contributed by atoms with Gasteiger partial charge < -0.3 is 15.7 Å². The summed E-state index contributed by atoms with van der Waals surface area (Å²) < 4.78 is 38.5. The zero-order chi connectivity index (χ0) is 23.3. The van der Waals surface area contributed by atoms with Crippen molar-refractivity contribution in [2.75, 3.05) is 17.2 Å². The Labute approximate surface area is 189 Å². The average molecular weight is 463 g/mol. The van der Waals surface area contributed by atoms with Gasteiger partial charge in [-0.15, -0.1) is 0 Å². The van der Waals surface area contributed by atoms with Gasteiger partial charge in [-0.1, -0.05) is 43.1 Å². The van der Waals surface area contributed by atoms with E-state index in [1.807, 2.05) is 0 Å². The monoisotopic (exact) mass is 462 g/mol. The number of anilines is 2. The van der Waals surface area contributed by atoms with Crippen LogP contribution in [0.1, 0.15) is 35.7 Å². The topological polar surface area (TPSA) is 61.4 Å². The number of alkyl halides is 3. The molecule has 0 aromatic heterocycles. The molecule has 0 heterocycles. The van der Waals surface area contributed by atoms with Crippen LogP contribution < -0.4 is 10.6 Å². The number of phenols is 1. The van der Waals surface area contributed by atoms with E-state index in [-0.39, 0.29) is 16.7 Å². The third-order valence-corrected chi connectivity index (χ3v) is 5.17. The molecule has 0 radical (unpaired) electrons. The summed E-state index contributed by atoms with van der Waals surface area (Å²) in [4.78, 5) is 12.6. The highest BCUT2D eigenvalue weighted by Crippen LogP contribution is 2.35. The molecule has 3 N–H and O–H groups in total. The van der Waals surface area contributed by atoms with Crippen molar-refractivity contribution in [1.82, 2.24) is 0 Å². The molecule has 3 aromatic carbocycles. The summed E-state index contributed by atoms with van der Waals surface area (Å²) in [6, 6.07) is 14.3. The van der Waals surface area contributed by atoms with Crippen molar-refractivity contribution < 1.29 is 23.1 Å². The Morgan fingerprint density at radius 1 is 1.03 bits per heavy atom. The number of halogens is 4. The highest BCUT2D eigenvalue weighted by atomic mass is 35.5. The highest BCUT2D eigenvalue weighted by molar-refractivity contribution is 6.33. The molecule has 0 unspecified atom stereocenters. The maximum absolute atomic E-state index is 12.8. The van der Waals surface area contributed by atoms with Gasteiger partial charge in [0.25, 0.3) is 5.91 Å². The first kappa shape index (κ1) is 23.5. The van der Waals surface area contributed by atoms with E-state index in [1.165, 1.54) is 12.1 Å². The fourth-order valence-corrected chi connectivity index (χ4v) is 3.37. The van der Waals surface area contributed by atoms with Crippen LogP contribution in [0.15, 0.2) is 60.7 Å². The second kappa shape index (κ2) is 9.96. The van der Waals surface area contributed by atoms with Crippen LogP contribution in [0.2, 0.25) is 5.02 Å². The van der Waals surface area contributed by atoms with E-state index in [4.69, 9.17) is 11.6 Å². The van der Waals surface area contributed by atoms with Gasteiger partial charge in [-0.05, 0) is 54.4 Å². The summed E-state index contributed by atoms with van der Waals surface area (Å²) in [5.41, 5.74) is 1.62. The van der Waals surface area contributed by atoms with Crippen LogP contribution in [0.25, 0.3) is 11.1 Å². The number of unbranched alkanes of at least 4 members (excludes halogenated alkanes) is 1. The minimum Gasteiger partial charge on any atom is -0.506 e. The van der Waals surface area contributed by atoms with Gasteiger partial charge >= 0.3 is 6.18 Å². The van der Waals surface area contributed by atoms with Gasteiger partial charge in [-0.25, -0.2) is 0 Å². The number of nitrogens with one attached hydrogen (secondary N) is 2. The molecule has 0 spiro atoms. The number of amides is 1. The Hall–Kier alpha value is -3.19. The number of carbonyl (C=O) groups is 1. The van der Waals surface area contributed by atoms with E-state index < -0.39 is 11.7 Å².